The number of benzene rings is 1. The number of aliphatic hydroxyl groups is 1. The Balaban J connectivity index is 1.57. The molecule has 1 spiro atoms. The molecule has 1 amide bonds. The van der Waals surface area contributed by atoms with Gasteiger partial charge in [-0.05, 0) is 62.0 Å². The quantitative estimate of drug-likeness (QED) is 0.879. The highest BCUT2D eigenvalue weighted by molar-refractivity contribution is 5.85. The van der Waals surface area contributed by atoms with Crippen LogP contribution in [0.3, 0.4) is 0 Å². The van der Waals surface area contributed by atoms with Gasteiger partial charge in [-0.2, -0.15) is 0 Å². The van der Waals surface area contributed by atoms with E-state index in [4.69, 9.17) is 0 Å². The number of hydrogen-bond acceptors (Lipinski definition) is 2. The zero-order chi connectivity index (χ0) is 18.1. The van der Waals surface area contributed by atoms with Crippen molar-refractivity contribution in [2.45, 2.75) is 71.3 Å². The molecule has 1 aliphatic carbocycles. The number of likely N-dealkylation sites (tertiary alicyclic amines) is 1. The van der Waals surface area contributed by atoms with E-state index in [1.165, 1.54) is 11.1 Å². The Bertz CT molecular complexity index is 597. The second-order valence-corrected chi connectivity index (χ2v) is 8.50. The van der Waals surface area contributed by atoms with E-state index in [2.05, 4.69) is 49.9 Å². The molecule has 3 nitrogen and oxygen atoms in total. The minimum atomic E-state index is -0.569. The molecule has 2 aliphatic rings. The fraction of sp³-hybridized carbons (Fsp3) is 0.682. The maximum atomic E-state index is 13.0. The summed E-state index contributed by atoms with van der Waals surface area (Å²) in [5.41, 5.74) is 1.91. The van der Waals surface area contributed by atoms with Crippen LogP contribution in [0.1, 0.15) is 64.0 Å². The van der Waals surface area contributed by atoms with Crippen molar-refractivity contribution in [2.75, 3.05) is 13.1 Å². The molecule has 25 heavy (non-hydrogen) atoms. The van der Waals surface area contributed by atoms with Crippen LogP contribution in [0.5, 0.6) is 0 Å². The Morgan fingerprint density at radius 1 is 1.04 bits per heavy atom. The van der Waals surface area contributed by atoms with Gasteiger partial charge in [0.25, 0.3) is 0 Å². The molecule has 138 valence electrons. The highest BCUT2D eigenvalue weighted by Crippen LogP contribution is 2.49. The maximum absolute atomic E-state index is 13.0. The van der Waals surface area contributed by atoms with Gasteiger partial charge in [0.05, 0.1) is 11.0 Å². The molecule has 0 atom stereocenters. The van der Waals surface area contributed by atoms with Gasteiger partial charge < -0.3 is 10.0 Å². The van der Waals surface area contributed by atoms with E-state index in [0.29, 0.717) is 5.91 Å². The van der Waals surface area contributed by atoms with E-state index in [9.17, 15) is 9.90 Å². The Kier molecular flexibility index (Phi) is 5.24. The van der Waals surface area contributed by atoms with Crippen molar-refractivity contribution < 1.29 is 9.90 Å². The fourth-order valence-electron chi connectivity index (χ4n) is 4.51. The molecule has 1 saturated carbocycles. The Hall–Kier alpha value is -1.35. The number of carbonyl (C=O) groups excluding carboxylic acids is 1. The molecule has 1 aliphatic heterocycles. The Morgan fingerprint density at radius 2 is 1.64 bits per heavy atom. The van der Waals surface area contributed by atoms with Gasteiger partial charge in [0.2, 0.25) is 5.91 Å². The summed E-state index contributed by atoms with van der Waals surface area (Å²) in [5, 5.41) is 10.7. The molecule has 2 fully saturated rings. The van der Waals surface area contributed by atoms with Crippen LogP contribution in [0, 0.1) is 11.3 Å². The number of carbonyl (C=O) groups is 1. The third-order valence-corrected chi connectivity index (χ3v) is 6.85. The maximum Gasteiger partial charge on any atom is 0.228 e. The minimum Gasteiger partial charge on any atom is -0.390 e. The van der Waals surface area contributed by atoms with Crippen LogP contribution in [0.15, 0.2) is 24.3 Å². The lowest BCUT2D eigenvalue weighted by molar-refractivity contribution is -0.142. The van der Waals surface area contributed by atoms with Crippen molar-refractivity contribution in [1.29, 1.82) is 0 Å². The number of amides is 1. The van der Waals surface area contributed by atoms with Gasteiger partial charge in [0, 0.05) is 13.1 Å². The first-order chi connectivity index (χ1) is 11.9. The zero-order valence-electron chi connectivity index (χ0n) is 16.1. The summed E-state index contributed by atoms with van der Waals surface area (Å²) < 4.78 is 0. The molecule has 1 aromatic rings. The largest absolute Gasteiger partial charge is 0.390 e. The second kappa shape index (κ2) is 7.11. The summed E-state index contributed by atoms with van der Waals surface area (Å²) in [7, 11) is 0. The monoisotopic (exact) mass is 343 g/mol. The van der Waals surface area contributed by atoms with Crippen LogP contribution < -0.4 is 0 Å². The molecule has 0 radical (unpaired) electrons. The van der Waals surface area contributed by atoms with Crippen molar-refractivity contribution in [3.05, 3.63) is 35.4 Å². The second-order valence-electron chi connectivity index (χ2n) is 8.50. The van der Waals surface area contributed by atoms with E-state index in [0.717, 1.165) is 58.0 Å². The molecule has 3 rings (SSSR count). The number of hydrogen-bond donors (Lipinski definition) is 1. The van der Waals surface area contributed by atoms with Crippen LogP contribution in [0.2, 0.25) is 0 Å². The lowest BCUT2D eigenvalue weighted by Gasteiger charge is -2.43. The normalized spacial score (nSPS) is 29.8. The highest BCUT2D eigenvalue weighted by atomic mass is 16.3. The molecule has 1 saturated heterocycles. The topological polar surface area (TPSA) is 40.5 Å². The van der Waals surface area contributed by atoms with E-state index in [1.807, 2.05) is 0 Å². The van der Waals surface area contributed by atoms with Gasteiger partial charge in [-0.1, -0.05) is 45.0 Å². The van der Waals surface area contributed by atoms with E-state index in [-0.39, 0.29) is 11.3 Å². The summed E-state index contributed by atoms with van der Waals surface area (Å²) in [6.07, 6.45) is 6.20. The van der Waals surface area contributed by atoms with Gasteiger partial charge in [-0.25, -0.2) is 0 Å². The third-order valence-electron chi connectivity index (χ3n) is 6.85. The average Bonchev–Trinajstić information content (AvgIpc) is 2.92. The number of rotatable bonds is 5. The van der Waals surface area contributed by atoms with Gasteiger partial charge in [-0.3, -0.25) is 4.79 Å². The van der Waals surface area contributed by atoms with Gasteiger partial charge >= 0.3 is 0 Å². The van der Waals surface area contributed by atoms with Crippen molar-refractivity contribution in [2.24, 2.45) is 11.3 Å². The first kappa shape index (κ1) is 18.4. The first-order valence-corrected chi connectivity index (χ1v) is 9.98. The number of nitrogens with zero attached hydrogens (tertiary/aromatic N) is 1. The summed E-state index contributed by atoms with van der Waals surface area (Å²) >= 11 is 0. The molecule has 1 heterocycles. The SMILES string of the molecule is CCc1ccc(CCN2CC[C@]3(CC[C@@](O)(C(C)C)CC3)C2=O)cc1. The van der Waals surface area contributed by atoms with Crippen molar-refractivity contribution in [3.63, 3.8) is 0 Å². The molecule has 1 aromatic carbocycles. The van der Waals surface area contributed by atoms with E-state index in [1.54, 1.807) is 0 Å². The van der Waals surface area contributed by atoms with E-state index >= 15 is 0 Å². The van der Waals surface area contributed by atoms with Crippen LogP contribution in [0.4, 0.5) is 0 Å². The van der Waals surface area contributed by atoms with Crippen LogP contribution in [-0.2, 0) is 17.6 Å². The Labute approximate surface area is 152 Å². The standard InChI is InChI=1S/C22H33NO2/c1-4-18-5-7-19(8-6-18)9-15-23-16-14-21(20(23)24)10-12-22(25,13-11-21)17(2)3/h5-8,17,25H,4,9-16H2,1-3H3/t21-,22+. The van der Waals surface area contributed by atoms with E-state index < -0.39 is 5.60 Å². The Morgan fingerprint density at radius 3 is 2.20 bits per heavy atom. The highest BCUT2D eigenvalue weighted by Gasteiger charge is 2.51. The summed E-state index contributed by atoms with van der Waals surface area (Å²) in [6.45, 7) is 8.05. The van der Waals surface area contributed by atoms with Crippen LogP contribution >= 0.6 is 0 Å². The summed E-state index contributed by atoms with van der Waals surface area (Å²) in [5.74, 6) is 0.604. The van der Waals surface area contributed by atoms with Crippen LogP contribution in [0.25, 0.3) is 0 Å². The molecule has 1 N–H and O–H groups in total. The van der Waals surface area contributed by atoms with Gasteiger partial charge in [0.1, 0.15) is 0 Å². The lowest BCUT2D eigenvalue weighted by Crippen LogP contribution is -2.46. The average molecular weight is 344 g/mol. The molecule has 3 heteroatoms. The predicted octanol–water partition coefficient (Wildman–Crippen LogP) is 3.97. The third kappa shape index (κ3) is 3.62. The summed E-state index contributed by atoms with van der Waals surface area (Å²) in [4.78, 5) is 15.1. The molecule has 0 aromatic heterocycles. The van der Waals surface area contributed by atoms with Crippen molar-refractivity contribution in [1.82, 2.24) is 4.90 Å². The predicted molar refractivity (Wildman–Crippen MR) is 101 cm³/mol. The van der Waals surface area contributed by atoms with Crippen LogP contribution in [-0.4, -0.2) is 34.6 Å². The molecule has 0 bridgehead atoms. The van der Waals surface area contributed by atoms with Gasteiger partial charge in [0.15, 0.2) is 0 Å². The first-order valence-electron chi connectivity index (χ1n) is 9.98. The molecular weight excluding hydrogens is 310 g/mol. The molecule has 0 unspecified atom stereocenters. The lowest BCUT2D eigenvalue weighted by atomic mass is 9.65. The molecular formula is C22H33NO2. The smallest absolute Gasteiger partial charge is 0.228 e. The van der Waals surface area contributed by atoms with Crippen molar-refractivity contribution in [3.8, 4) is 0 Å². The van der Waals surface area contributed by atoms with Crippen molar-refractivity contribution >= 4 is 5.91 Å². The fourth-order valence-corrected chi connectivity index (χ4v) is 4.51. The number of aryl methyl sites for hydroxylation is 1. The minimum absolute atomic E-state index is 0.187. The summed E-state index contributed by atoms with van der Waals surface area (Å²) in [6, 6.07) is 8.77. The zero-order valence-corrected chi connectivity index (χ0v) is 16.1. The van der Waals surface area contributed by atoms with Gasteiger partial charge in [-0.15, -0.1) is 0 Å².